The number of nitrogens with one attached hydrogen (secondary N) is 1. The van der Waals surface area contributed by atoms with Gasteiger partial charge in [-0.3, -0.25) is 4.79 Å². The number of rotatable bonds is 3. The molecule has 122 valence electrons. The van der Waals surface area contributed by atoms with E-state index in [9.17, 15) is 14.7 Å². The number of hydrogen-bond acceptors (Lipinski definition) is 5. The highest BCUT2D eigenvalue weighted by molar-refractivity contribution is 6.31. The average molecular weight is 345 g/mol. The SMILES string of the molecule is C[C@H](OC(=O)c1cc(Cl)ccc1O)c1nc2ccccc2c(=O)[nH]1. The van der Waals surface area contributed by atoms with Crippen LogP contribution in [0, 0.1) is 0 Å². The number of benzene rings is 2. The highest BCUT2D eigenvalue weighted by Gasteiger charge is 2.19. The van der Waals surface area contributed by atoms with Crippen molar-refractivity contribution in [1.82, 2.24) is 9.97 Å². The lowest BCUT2D eigenvalue weighted by Gasteiger charge is -2.13. The molecule has 24 heavy (non-hydrogen) atoms. The zero-order valence-corrected chi connectivity index (χ0v) is 13.4. The second kappa shape index (κ2) is 6.33. The predicted octanol–water partition coefficient (Wildman–Crippen LogP) is 3.20. The Hall–Kier alpha value is -2.86. The number of ether oxygens (including phenoxy) is 1. The minimum Gasteiger partial charge on any atom is -0.507 e. The summed E-state index contributed by atoms with van der Waals surface area (Å²) in [7, 11) is 0. The number of halogens is 1. The zero-order valence-electron chi connectivity index (χ0n) is 12.6. The van der Waals surface area contributed by atoms with Gasteiger partial charge in [0, 0.05) is 5.02 Å². The van der Waals surface area contributed by atoms with Gasteiger partial charge in [-0.25, -0.2) is 9.78 Å². The molecule has 0 radical (unpaired) electrons. The van der Waals surface area contributed by atoms with E-state index in [1.54, 1.807) is 31.2 Å². The van der Waals surface area contributed by atoms with Crippen molar-refractivity contribution >= 4 is 28.5 Å². The van der Waals surface area contributed by atoms with E-state index in [0.717, 1.165) is 0 Å². The molecule has 1 aromatic heterocycles. The van der Waals surface area contributed by atoms with Gasteiger partial charge in [-0.2, -0.15) is 0 Å². The number of H-pyrrole nitrogens is 1. The number of hydrogen-bond donors (Lipinski definition) is 2. The smallest absolute Gasteiger partial charge is 0.342 e. The fraction of sp³-hybridized carbons (Fsp3) is 0.118. The topological polar surface area (TPSA) is 92.3 Å². The van der Waals surface area contributed by atoms with Crippen molar-refractivity contribution < 1.29 is 14.6 Å². The number of carbonyl (C=O) groups excluding carboxylic acids is 1. The zero-order chi connectivity index (χ0) is 17.3. The van der Waals surface area contributed by atoms with Gasteiger partial charge in [0.2, 0.25) is 0 Å². The second-order valence-electron chi connectivity index (χ2n) is 5.18. The predicted molar refractivity (Wildman–Crippen MR) is 89.3 cm³/mol. The van der Waals surface area contributed by atoms with Crippen LogP contribution in [0.25, 0.3) is 10.9 Å². The Bertz CT molecular complexity index is 984. The van der Waals surface area contributed by atoms with Gasteiger partial charge in [-0.15, -0.1) is 0 Å². The second-order valence-corrected chi connectivity index (χ2v) is 5.61. The first-order chi connectivity index (χ1) is 11.5. The van der Waals surface area contributed by atoms with Gasteiger partial charge in [0.15, 0.2) is 11.9 Å². The van der Waals surface area contributed by atoms with Gasteiger partial charge < -0.3 is 14.8 Å². The van der Waals surface area contributed by atoms with Gasteiger partial charge >= 0.3 is 5.97 Å². The molecule has 0 unspecified atom stereocenters. The molecule has 2 aromatic carbocycles. The third kappa shape index (κ3) is 3.09. The van der Waals surface area contributed by atoms with E-state index in [2.05, 4.69) is 9.97 Å². The Balaban J connectivity index is 1.89. The summed E-state index contributed by atoms with van der Waals surface area (Å²) in [5.41, 5.74) is 0.131. The Kier molecular flexibility index (Phi) is 4.22. The largest absolute Gasteiger partial charge is 0.507 e. The number of carbonyl (C=O) groups is 1. The lowest BCUT2D eigenvalue weighted by atomic mass is 10.2. The van der Waals surface area contributed by atoms with Crippen LogP contribution in [-0.2, 0) is 4.74 Å². The molecule has 2 N–H and O–H groups in total. The molecule has 1 atom stereocenters. The van der Waals surface area contributed by atoms with Crippen molar-refractivity contribution in [2.75, 3.05) is 0 Å². The van der Waals surface area contributed by atoms with Crippen LogP contribution in [0.5, 0.6) is 5.75 Å². The molecule has 0 amide bonds. The lowest BCUT2D eigenvalue weighted by molar-refractivity contribution is 0.0317. The minimum absolute atomic E-state index is 0.0579. The summed E-state index contributed by atoms with van der Waals surface area (Å²) in [6.07, 6.45) is -0.812. The number of esters is 1. The van der Waals surface area contributed by atoms with Gasteiger partial charge in [0.1, 0.15) is 11.3 Å². The van der Waals surface area contributed by atoms with Crippen molar-refractivity contribution in [3.05, 3.63) is 69.2 Å². The Morgan fingerprint density at radius 1 is 1.29 bits per heavy atom. The summed E-state index contributed by atoms with van der Waals surface area (Å²) in [6.45, 7) is 1.58. The van der Waals surface area contributed by atoms with Crippen LogP contribution in [-0.4, -0.2) is 21.0 Å². The summed E-state index contributed by atoms with van der Waals surface area (Å²) in [5, 5.41) is 10.5. The van der Waals surface area contributed by atoms with Crippen molar-refractivity contribution in [3.63, 3.8) is 0 Å². The van der Waals surface area contributed by atoms with E-state index in [4.69, 9.17) is 16.3 Å². The molecule has 0 bridgehead atoms. The fourth-order valence-corrected chi connectivity index (χ4v) is 2.42. The van der Waals surface area contributed by atoms with E-state index in [0.29, 0.717) is 15.9 Å². The fourth-order valence-electron chi connectivity index (χ4n) is 2.25. The Morgan fingerprint density at radius 3 is 2.83 bits per heavy atom. The van der Waals surface area contributed by atoms with E-state index in [1.807, 2.05) is 0 Å². The van der Waals surface area contributed by atoms with Crippen LogP contribution in [0.15, 0.2) is 47.3 Å². The van der Waals surface area contributed by atoms with Crippen molar-refractivity contribution in [1.29, 1.82) is 0 Å². The average Bonchev–Trinajstić information content (AvgIpc) is 2.57. The van der Waals surface area contributed by atoms with Crippen molar-refractivity contribution in [2.24, 2.45) is 0 Å². The molecule has 0 spiro atoms. The maximum Gasteiger partial charge on any atom is 0.342 e. The molecular formula is C17H13ClN2O4. The van der Waals surface area contributed by atoms with Crippen molar-refractivity contribution in [3.8, 4) is 5.75 Å². The molecule has 0 saturated carbocycles. The number of aromatic hydroxyl groups is 1. The first kappa shape index (κ1) is 16.0. The van der Waals surface area contributed by atoms with E-state index < -0.39 is 12.1 Å². The molecule has 7 heteroatoms. The molecule has 6 nitrogen and oxygen atoms in total. The molecule has 0 fully saturated rings. The first-order valence-electron chi connectivity index (χ1n) is 7.14. The number of nitrogens with zero attached hydrogens (tertiary/aromatic N) is 1. The minimum atomic E-state index is -0.812. The molecular weight excluding hydrogens is 332 g/mol. The van der Waals surface area contributed by atoms with Gasteiger partial charge in [-0.1, -0.05) is 23.7 Å². The highest BCUT2D eigenvalue weighted by atomic mass is 35.5. The maximum absolute atomic E-state index is 12.2. The van der Waals surface area contributed by atoms with Gasteiger partial charge in [0.05, 0.1) is 10.9 Å². The quantitative estimate of drug-likeness (QED) is 0.712. The third-order valence-corrected chi connectivity index (χ3v) is 3.71. The highest BCUT2D eigenvalue weighted by Crippen LogP contribution is 2.24. The number of para-hydroxylation sites is 1. The number of aromatic nitrogens is 2. The number of aromatic amines is 1. The van der Waals surface area contributed by atoms with E-state index in [-0.39, 0.29) is 22.7 Å². The van der Waals surface area contributed by atoms with Crippen LogP contribution in [0.3, 0.4) is 0 Å². The van der Waals surface area contributed by atoms with Crippen LogP contribution < -0.4 is 5.56 Å². The van der Waals surface area contributed by atoms with E-state index >= 15 is 0 Å². The maximum atomic E-state index is 12.2. The van der Waals surface area contributed by atoms with Crippen LogP contribution in [0.2, 0.25) is 5.02 Å². The monoisotopic (exact) mass is 344 g/mol. The molecule has 0 aliphatic rings. The third-order valence-electron chi connectivity index (χ3n) is 3.48. The summed E-state index contributed by atoms with van der Waals surface area (Å²) < 4.78 is 5.27. The van der Waals surface area contributed by atoms with Crippen molar-refractivity contribution in [2.45, 2.75) is 13.0 Å². The Labute approximate surface area is 141 Å². The Morgan fingerprint density at radius 2 is 2.04 bits per heavy atom. The van der Waals surface area contributed by atoms with Crippen LogP contribution in [0.4, 0.5) is 0 Å². The molecule has 0 aliphatic carbocycles. The summed E-state index contributed by atoms with van der Waals surface area (Å²) in [5.74, 6) is -0.788. The molecule has 3 aromatic rings. The molecule has 0 saturated heterocycles. The van der Waals surface area contributed by atoms with Gasteiger partial charge in [-0.05, 0) is 37.3 Å². The first-order valence-corrected chi connectivity index (χ1v) is 7.52. The van der Waals surface area contributed by atoms with E-state index in [1.165, 1.54) is 18.2 Å². The normalized spacial score (nSPS) is 12.1. The van der Waals surface area contributed by atoms with Gasteiger partial charge in [0.25, 0.3) is 5.56 Å². The number of fused-ring (bicyclic) bond motifs is 1. The summed E-state index contributed by atoms with van der Waals surface area (Å²) >= 11 is 5.82. The number of phenolic OH excluding ortho intramolecular Hbond substituents is 1. The van der Waals surface area contributed by atoms with Crippen LogP contribution >= 0.6 is 11.6 Å². The van der Waals surface area contributed by atoms with Crippen LogP contribution in [0.1, 0.15) is 29.2 Å². The molecule has 1 heterocycles. The standard InChI is InChI=1S/C17H13ClN2O4/c1-9(24-17(23)12-8-10(18)6-7-14(12)21)15-19-13-5-3-2-4-11(13)16(22)20-15/h2-9,21H,1H3,(H,19,20,22)/t9-/m0/s1. The number of phenols is 1. The summed E-state index contributed by atoms with van der Waals surface area (Å²) in [6, 6.07) is 10.9. The lowest BCUT2D eigenvalue weighted by Crippen LogP contribution is -2.17. The summed E-state index contributed by atoms with van der Waals surface area (Å²) in [4.78, 5) is 31.2. The molecule has 0 aliphatic heterocycles. The molecule has 3 rings (SSSR count).